The molecule has 25 heavy (non-hydrogen) atoms. The van der Waals surface area contributed by atoms with E-state index >= 15 is 0 Å². The Kier molecular flexibility index (Phi) is 7.31. The van der Waals surface area contributed by atoms with Crippen LogP contribution in [0.4, 0.5) is 5.69 Å². The summed E-state index contributed by atoms with van der Waals surface area (Å²) in [6, 6.07) is 8.86. The summed E-state index contributed by atoms with van der Waals surface area (Å²) in [4.78, 5) is 14.7. The van der Waals surface area contributed by atoms with Gasteiger partial charge in [0.05, 0.1) is 6.54 Å². The molecule has 1 aromatic rings. The zero-order chi connectivity index (χ0) is 17.3. The largest absolute Gasteiger partial charge is 0.325 e. The van der Waals surface area contributed by atoms with Gasteiger partial charge in [0.2, 0.25) is 5.91 Å². The monoisotopic (exact) mass is 343 g/mol. The molecule has 0 unspecified atom stereocenters. The smallest absolute Gasteiger partial charge is 0.238 e. The molecule has 138 valence electrons. The van der Waals surface area contributed by atoms with Gasteiger partial charge in [0, 0.05) is 18.3 Å². The minimum absolute atomic E-state index is 0.0630. The second kappa shape index (κ2) is 9.93. The quantitative estimate of drug-likeness (QED) is 0.770. The van der Waals surface area contributed by atoms with Gasteiger partial charge in [0.15, 0.2) is 0 Å². The third-order valence-corrected chi connectivity index (χ3v) is 5.50. The van der Waals surface area contributed by atoms with Crippen LogP contribution in [0.2, 0.25) is 0 Å². The molecule has 0 aromatic heterocycles. The van der Waals surface area contributed by atoms with Crippen LogP contribution in [-0.2, 0) is 11.3 Å². The first-order chi connectivity index (χ1) is 12.3. The number of carbonyl (C=O) groups excluding carboxylic acids is 1. The van der Waals surface area contributed by atoms with Gasteiger partial charge in [-0.1, -0.05) is 44.2 Å². The maximum Gasteiger partial charge on any atom is 0.238 e. The van der Waals surface area contributed by atoms with Crippen LogP contribution in [0, 0.1) is 0 Å². The van der Waals surface area contributed by atoms with Crippen molar-refractivity contribution in [2.75, 3.05) is 25.0 Å². The number of amides is 1. The zero-order valence-electron chi connectivity index (χ0n) is 15.4. The van der Waals surface area contributed by atoms with Gasteiger partial charge in [0.1, 0.15) is 0 Å². The van der Waals surface area contributed by atoms with Gasteiger partial charge in [0.25, 0.3) is 0 Å². The number of rotatable bonds is 6. The van der Waals surface area contributed by atoms with E-state index in [2.05, 4.69) is 27.7 Å². The summed E-state index contributed by atoms with van der Waals surface area (Å²) in [7, 11) is 0. The molecular weight excluding hydrogens is 310 g/mol. The lowest BCUT2D eigenvalue weighted by molar-refractivity contribution is -0.115. The van der Waals surface area contributed by atoms with Gasteiger partial charge in [-0.2, -0.15) is 0 Å². The number of hydrogen-bond donors (Lipinski definition) is 2. The Morgan fingerprint density at radius 3 is 2.24 bits per heavy atom. The number of hydrogen-bond acceptors (Lipinski definition) is 3. The van der Waals surface area contributed by atoms with Gasteiger partial charge in [-0.05, 0) is 56.5 Å². The standard InChI is InChI=1S/C21H33N3O/c25-21(16-22-19-8-4-1-2-5-9-19)23-20-12-10-18(11-13-20)17-24-14-6-3-7-15-24/h10-13,19,22H,1-9,14-17H2,(H,23,25). The number of carbonyl (C=O) groups is 1. The zero-order valence-corrected chi connectivity index (χ0v) is 15.4. The van der Waals surface area contributed by atoms with Crippen molar-refractivity contribution >= 4 is 11.6 Å². The molecule has 2 aliphatic rings. The molecule has 1 saturated carbocycles. The molecule has 1 aliphatic carbocycles. The third kappa shape index (κ3) is 6.44. The van der Waals surface area contributed by atoms with Gasteiger partial charge < -0.3 is 10.6 Å². The van der Waals surface area contributed by atoms with E-state index in [4.69, 9.17) is 0 Å². The molecule has 2 fully saturated rings. The number of nitrogens with zero attached hydrogens (tertiary/aromatic N) is 1. The van der Waals surface area contributed by atoms with Gasteiger partial charge >= 0.3 is 0 Å². The van der Waals surface area contributed by atoms with E-state index < -0.39 is 0 Å². The summed E-state index contributed by atoms with van der Waals surface area (Å²) in [5.74, 6) is 0.0630. The summed E-state index contributed by atoms with van der Waals surface area (Å²) >= 11 is 0. The van der Waals surface area contributed by atoms with Crippen molar-refractivity contribution in [3.8, 4) is 0 Å². The third-order valence-electron chi connectivity index (χ3n) is 5.50. The fourth-order valence-corrected chi connectivity index (χ4v) is 3.99. The van der Waals surface area contributed by atoms with E-state index in [0.29, 0.717) is 12.6 Å². The lowest BCUT2D eigenvalue weighted by atomic mass is 10.1. The van der Waals surface area contributed by atoms with Gasteiger partial charge in [-0.3, -0.25) is 9.69 Å². The Balaban J connectivity index is 1.40. The minimum Gasteiger partial charge on any atom is -0.325 e. The molecule has 0 spiro atoms. The molecule has 0 radical (unpaired) electrons. The Hall–Kier alpha value is -1.39. The maximum absolute atomic E-state index is 12.2. The van der Waals surface area contributed by atoms with Crippen molar-refractivity contribution in [3.05, 3.63) is 29.8 Å². The second-order valence-corrected chi connectivity index (χ2v) is 7.65. The van der Waals surface area contributed by atoms with Crippen molar-refractivity contribution < 1.29 is 4.79 Å². The van der Waals surface area contributed by atoms with E-state index in [0.717, 1.165) is 12.2 Å². The highest BCUT2D eigenvalue weighted by Crippen LogP contribution is 2.17. The molecule has 1 heterocycles. The van der Waals surface area contributed by atoms with Crippen LogP contribution in [0.25, 0.3) is 0 Å². The summed E-state index contributed by atoms with van der Waals surface area (Å²) in [6.07, 6.45) is 11.7. The topological polar surface area (TPSA) is 44.4 Å². The SMILES string of the molecule is O=C(CNC1CCCCCC1)Nc1ccc(CN2CCCCC2)cc1. The highest BCUT2D eigenvalue weighted by atomic mass is 16.1. The highest BCUT2D eigenvalue weighted by molar-refractivity contribution is 5.92. The molecule has 4 nitrogen and oxygen atoms in total. The van der Waals surface area contributed by atoms with Crippen LogP contribution < -0.4 is 10.6 Å². The van der Waals surface area contributed by atoms with E-state index in [1.165, 1.54) is 76.4 Å². The van der Waals surface area contributed by atoms with E-state index in [1.807, 2.05) is 12.1 Å². The molecule has 1 amide bonds. The molecule has 0 bridgehead atoms. The predicted molar refractivity (Wildman–Crippen MR) is 104 cm³/mol. The summed E-state index contributed by atoms with van der Waals surface area (Å²) in [6.45, 7) is 3.87. The molecular formula is C21H33N3O. The lowest BCUT2D eigenvalue weighted by Crippen LogP contribution is -2.35. The molecule has 1 aliphatic heterocycles. The van der Waals surface area contributed by atoms with Crippen LogP contribution in [-0.4, -0.2) is 36.5 Å². The van der Waals surface area contributed by atoms with Gasteiger partial charge in [-0.25, -0.2) is 0 Å². The normalized spacial score (nSPS) is 20.2. The van der Waals surface area contributed by atoms with Gasteiger partial charge in [-0.15, -0.1) is 0 Å². The van der Waals surface area contributed by atoms with Crippen molar-refractivity contribution in [3.63, 3.8) is 0 Å². The number of nitrogens with one attached hydrogen (secondary N) is 2. The number of anilines is 1. The summed E-state index contributed by atoms with van der Waals surface area (Å²) in [5, 5.41) is 6.44. The van der Waals surface area contributed by atoms with Crippen LogP contribution >= 0.6 is 0 Å². The first-order valence-electron chi connectivity index (χ1n) is 10.1. The molecule has 1 saturated heterocycles. The van der Waals surface area contributed by atoms with Crippen molar-refractivity contribution in [2.24, 2.45) is 0 Å². The Bertz CT molecular complexity index is 514. The number of likely N-dealkylation sites (tertiary alicyclic amines) is 1. The second-order valence-electron chi connectivity index (χ2n) is 7.65. The van der Waals surface area contributed by atoms with Crippen molar-refractivity contribution in [1.29, 1.82) is 0 Å². The minimum atomic E-state index is 0.0630. The van der Waals surface area contributed by atoms with E-state index in [9.17, 15) is 4.79 Å². The summed E-state index contributed by atoms with van der Waals surface area (Å²) < 4.78 is 0. The Morgan fingerprint density at radius 1 is 0.920 bits per heavy atom. The Morgan fingerprint density at radius 2 is 1.56 bits per heavy atom. The number of piperidine rings is 1. The van der Waals surface area contributed by atoms with Crippen LogP contribution in [0.3, 0.4) is 0 Å². The molecule has 4 heteroatoms. The average molecular weight is 344 g/mol. The highest BCUT2D eigenvalue weighted by Gasteiger charge is 2.13. The fourth-order valence-electron chi connectivity index (χ4n) is 3.99. The molecule has 3 rings (SSSR count). The first kappa shape index (κ1) is 18.4. The van der Waals surface area contributed by atoms with Crippen LogP contribution in [0.15, 0.2) is 24.3 Å². The molecule has 0 atom stereocenters. The maximum atomic E-state index is 12.2. The first-order valence-corrected chi connectivity index (χ1v) is 10.1. The Labute approximate surface area is 152 Å². The van der Waals surface area contributed by atoms with E-state index in [-0.39, 0.29) is 5.91 Å². The predicted octanol–water partition coefficient (Wildman–Crippen LogP) is 3.92. The van der Waals surface area contributed by atoms with Crippen molar-refractivity contribution in [1.82, 2.24) is 10.2 Å². The average Bonchev–Trinajstić information content (AvgIpc) is 2.91. The van der Waals surface area contributed by atoms with Crippen molar-refractivity contribution in [2.45, 2.75) is 70.4 Å². The number of benzene rings is 1. The van der Waals surface area contributed by atoms with E-state index in [1.54, 1.807) is 0 Å². The molecule has 2 N–H and O–H groups in total. The summed E-state index contributed by atoms with van der Waals surface area (Å²) in [5.41, 5.74) is 2.23. The lowest BCUT2D eigenvalue weighted by Gasteiger charge is -2.26. The fraction of sp³-hybridized carbons (Fsp3) is 0.667. The van der Waals surface area contributed by atoms with Crippen LogP contribution in [0.5, 0.6) is 0 Å². The molecule has 1 aromatic carbocycles. The van der Waals surface area contributed by atoms with Crippen LogP contribution in [0.1, 0.15) is 63.4 Å².